The number of nitrogens with zero attached hydrogens (tertiary/aromatic N) is 4. The number of carbonyl (C=O) groups excluding carboxylic acids is 1. The molecule has 0 atom stereocenters. The Morgan fingerprint density at radius 1 is 1.08 bits per heavy atom. The predicted molar refractivity (Wildman–Crippen MR) is 101 cm³/mol. The number of aromatic nitrogens is 2. The molecule has 1 aliphatic heterocycles. The fourth-order valence-electron chi connectivity index (χ4n) is 2.92. The minimum Gasteiger partial charge on any atom is -0.367 e. The molecule has 25 heavy (non-hydrogen) atoms. The van der Waals surface area contributed by atoms with Crippen LogP contribution in [0.15, 0.2) is 42.7 Å². The van der Waals surface area contributed by atoms with Crippen LogP contribution in [-0.2, 0) is 4.79 Å². The van der Waals surface area contributed by atoms with E-state index in [4.69, 9.17) is 0 Å². The zero-order valence-electron chi connectivity index (χ0n) is 14.7. The van der Waals surface area contributed by atoms with E-state index in [1.54, 1.807) is 0 Å². The van der Waals surface area contributed by atoms with E-state index in [0.717, 1.165) is 50.5 Å². The maximum atomic E-state index is 11.8. The van der Waals surface area contributed by atoms with Crippen LogP contribution in [0.2, 0.25) is 0 Å². The van der Waals surface area contributed by atoms with Gasteiger partial charge in [0.25, 0.3) is 0 Å². The van der Waals surface area contributed by atoms with Crippen LogP contribution in [-0.4, -0.2) is 42.1 Å². The molecule has 0 unspecified atom stereocenters. The van der Waals surface area contributed by atoms with E-state index in [9.17, 15) is 4.79 Å². The molecular weight excluding hydrogens is 314 g/mol. The van der Waals surface area contributed by atoms with E-state index in [2.05, 4.69) is 32.0 Å². The van der Waals surface area contributed by atoms with Crippen molar-refractivity contribution < 1.29 is 4.79 Å². The lowest BCUT2D eigenvalue weighted by molar-refractivity contribution is -0.116. The quantitative estimate of drug-likeness (QED) is 0.877. The summed E-state index contributed by atoms with van der Waals surface area (Å²) in [4.78, 5) is 25.2. The van der Waals surface area contributed by atoms with Crippen LogP contribution in [0.4, 0.5) is 17.3 Å². The first kappa shape index (κ1) is 17.2. The van der Waals surface area contributed by atoms with Gasteiger partial charge >= 0.3 is 0 Å². The van der Waals surface area contributed by atoms with Crippen molar-refractivity contribution in [3.8, 4) is 0 Å². The number of hydrogen-bond acceptors (Lipinski definition) is 5. The van der Waals surface area contributed by atoms with Crippen LogP contribution in [0, 0.1) is 0 Å². The number of pyridine rings is 2. The summed E-state index contributed by atoms with van der Waals surface area (Å²) >= 11 is 0. The number of nitrogens with one attached hydrogen (secondary N) is 1. The van der Waals surface area contributed by atoms with E-state index in [0.29, 0.717) is 12.2 Å². The molecule has 0 radical (unpaired) electrons. The Balaban J connectivity index is 1.52. The molecule has 1 saturated heterocycles. The first-order valence-electron chi connectivity index (χ1n) is 8.93. The summed E-state index contributed by atoms with van der Waals surface area (Å²) in [6.07, 6.45) is 6.15. The maximum Gasteiger partial charge on any atom is 0.225 e. The summed E-state index contributed by atoms with van der Waals surface area (Å²) in [5, 5.41) is 2.85. The average Bonchev–Trinajstić information content (AvgIpc) is 2.68. The lowest BCUT2D eigenvalue weighted by Gasteiger charge is -2.36. The standard InChI is InChI=1S/C19H25N5O/c1-2-3-7-19(25)22-17-9-8-16(15-21-17)23-11-13-24(14-12-23)18-6-4-5-10-20-18/h4-6,8-10,15H,2-3,7,11-14H2,1H3,(H,21,22,25). The third kappa shape index (κ3) is 4.68. The topological polar surface area (TPSA) is 61.4 Å². The van der Waals surface area contributed by atoms with Gasteiger partial charge in [-0.3, -0.25) is 4.79 Å². The van der Waals surface area contributed by atoms with Crippen molar-refractivity contribution in [1.29, 1.82) is 0 Å². The Morgan fingerprint density at radius 3 is 2.52 bits per heavy atom. The fourth-order valence-corrected chi connectivity index (χ4v) is 2.92. The molecule has 0 saturated carbocycles. The van der Waals surface area contributed by atoms with E-state index < -0.39 is 0 Å². The first-order chi connectivity index (χ1) is 12.3. The van der Waals surface area contributed by atoms with Crippen LogP contribution >= 0.6 is 0 Å². The van der Waals surface area contributed by atoms with Crippen LogP contribution in [0.3, 0.4) is 0 Å². The van der Waals surface area contributed by atoms with Gasteiger partial charge in [0.1, 0.15) is 11.6 Å². The number of rotatable bonds is 6. The van der Waals surface area contributed by atoms with Crippen LogP contribution in [0.1, 0.15) is 26.2 Å². The van der Waals surface area contributed by atoms with Crippen molar-refractivity contribution in [2.24, 2.45) is 0 Å². The molecule has 6 heteroatoms. The highest BCUT2D eigenvalue weighted by Gasteiger charge is 2.18. The molecule has 1 amide bonds. The number of piperazine rings is 1. The van der Waals surface area contributed by atoms with Gasteiger partial charge in [-0.05, 0) is 30.7 Å². The van der Waals surface area contributed by atoms with Gasteiger partial charge in [-0.25, -0.2) is 9.97 Å². The largest absolute Gasteiger partial charge is 0.367 e. The summed E-state index contributed by atoms with van der Waals surface area (Å²) in [5.74, 6) is 1.69. The Kier molecular flexibility index (Phi) is 5.82. The second-order valence-electron chi connectivity index (χ2n) is 6.22. The number of unbranched alkanes of at least 4 members (excludes halogenated alkanes) is 1. The second-order valence-corrected chi connectivity index (χ2v) is 6.22. The third-order valence-corrected chi connectivity index (χ3v) is 4.39. The van der Waals surface area contributed by atoms with E-state index in [1.165, 1.54) is 0 Å². The molecule has 6 nitrogen and oxygen atoms in total. The normalized spacial score (nSPS) is 14.4. The van der Waals surface area contributed by atoms with Gasteiger partial charge in [-0.1, -0.05) is 19.4 Å². The average molecular weight is 339 g/mol. The molecule has 132 valence electrons. The summed E-state index contributed by atoms with van der Waals surface area (Å²) in [6, 6.07) is 9.91. The smallest absolute Gasteiger partial charge is 0.225 e. The number of hydrogen-bond donors (Lipinski definition) is 1. The zero-order valence-corrected chi connectivity index (χ0v) is 14.7. The number of amides is 1. The van der Waals surface area contributed by atoms with Crippen molar-refractivity contribution >= 4 is 23.2 Å². The monoisotopic (exact) mass is 339 g/mol. The van der Waals surface area contributed by atoms with Gasteiger partial charge < -0.3 is 15.1 Å². The van der Waals surface area contributed by atoms with Gasteiger partial charge in [0.2, 0.25) is 5.91 Å². The van der Waals surface area contributed by atoms with Crippen LogP contribution in [0.5, 0.6) is 0 Å². The van der Waals surface area contributed by atoms with Gasteiger partial charge in [-0.15, -0.1) is 0 Å². The first-order valence-corrected chi connectivity index (χ1v) is 8.93. The molecule has 1 aliphatic rings. The lowest BCUT2D eigenvalue weighted by Crippen LogP contribution is -2.46. The Bertz CT molecular complexity index is 666. The lowest BCUT2D eigenvalue weighted by atomic mass is 10.2. The van der Waals surface area contributed by atoms with E-state index in [-0.39, 0.29) is 5.91 Å². The molecule has 2 aromatic heterocycles. The molecule has 3 rings (SSSR count). The highest BCUT2D eigenvalue weighted by molar-refractivity contribution is 5.89. The van der Waals surface area contributed by atoms with Crippen molar-refractivity contribution in [2.45, 2.75) is 26.2 Å². The summed E-state index contributed by atoms with van der Waals surface area (Å²) in [5.41, 5.74) is 1.09. The highest BCUT2D eigenvalue weighted by atomic mass is 16.1. The summed E-state index contributed by atoms with van der Waals surface area (Å²) < 4.78 is 0. The molecule has 3 heterocycles. The molecule has 0 aromatic carbocycles. The molecule has 1 fully saturated rings. The molecule has 2 aromatic rings. The zero-order chi connectivity index (χ0) is 17.5. The molecule has 0 spiro atoms. The Labute approximate surface area is 148 Å². The van der Waals surface area contributed by atoms with Crippen molar-refractivity contribution in [3.05, 3.63) is 42.7 Å². The molecular formula is C19H25N5O. The Morgan fingerprint density at radius 2 is 1.88 bits per heavy atom. The van der Waals surface area contributed by atoms with Crippen molar-refractivity contribution in [3.63, 3.8) is 0 Å². The maximum absolute atomic E-state index is 11.8. The predicted octanol–water partition coefficient (Wildman–Crippen LogP) is 2.93. The van der Waals surface area contributed by atoms with Gasteiger partial charge in [-0.2, -0.15) is 0 Å². The van der Waals surface area contributed by atoms with Gasteiger partial charge in [0, 0.05) is 38.8 Å². The van der Waals surface area contributed by atoms with Crippen molar-refractivity contribution in [2.75, 3.05) is 41.3 Å². The minimum absolute atomic E-state index is 0.0334. The highest BCUT2D eigenvalue weighted by Crippen LogP contribution is 2.19. The fraction of sp³-hybridized carbons (Fsp3) is 0.421. The number of anilines is 3. The SMILES string of the molecule is CCCCC(=O)Nc1ccc(N2CCN(c3ccccn3)CC2)cn1. The Hall–Kier alpha value is -2.63. The van der Waals surface area contributed by atoms with Gasteiger partial charge in [0.05, 0.1) is 11.9 Å². The summed E-state index contributed by atoms with van der Waals surface area (Å²) in [7, 11) is 0. The van der Waals surface area contributed by atoms with E-state index in [1.807, 2.05) is 42.7 Å². The van der Waals surface area contributed by atoms with Crippen LogP contribution < -0.4 is 15.1 Å². The van der Waals surface area contributed by atoms with E-state index >= 15 is 0 Å². The molecule has 1 N–H and O–H groups in total. The minimum atomic E-state index is 0.0334. The number of carbonyl (C=O) groups is 1. The third-order valence-electron chi connectivity index (χ3n) is 4.39. The summed E-state index contributed by atoms with van der Waals surface area (Å²) in [6.45, 7) is 5.81. The van der Waals surface area contributed by atoms with Crippen LogP contribution in [0.25, 0.3) is 0 Å². The van der Waals surface area contributed by atoms with Crippen molar-refractivity contribution in [1.82, 2.24) is 9.97 Å². The molecule has 0 bridgehead atoms. The molecule has 0 aliphatic carbocycles. The van der Waals surface area contributed by atoms with Gasteiger partial charge in [0.15, 0.2) is 0 Å². The second kappa shape index (κ2) is 8.46.